The Morgan fingerprint density at radius 2 is 2.20 bits per heavy atom. The van der Waals surface area contributed by atoms with Crippen molar-refractivity contribution in [3.8, 4) is 5.75 Å². The zero-order valence-corrected chi connectivity index (χ0v) is 9.06. The van der Waals surface area contributed by atoms with Crippen molar-refractivity contribution < 1.29 is 4.74 Å². The molecule has 2 N–H and O–H groups in total. The van der Waals surface area contributed by atoms with Gasteiger partial charge in [-0.2, -0.15) is 5.10 Å². The van der Waals surface area contributed by atoms with Gasteiger partial charge in [-0.15, -0.1) is 0 Å². The number of nitrogens with two attached hydrogens (primary N) is 1. The molecule has 0 aliphatic heterocycles. The fourth-order valence-electron chi connectivity index (χ4n) is 2.12. The fourth-order valence-corrected chi connectivity index (χ4v) is 2.12. The largest absolute Gasteiger partial charge is 0.489 e. The third kappa shape index (κ3) is 2.72. The third-order valence-corrected chi connectivity index (χ3v) is 2.91. The first kappa shape index (κ1) is 10.5. The Morgan fingerprint density at radius 1 is 1.40 bits per heavy atom. The van der Waals surface area contributed by atoms with Crippen molar-refractivity contribution in [2.75, 3.05) is 13.2 Å². The summed E-state index contributed by atoms with van der Waals surface area (Å²) in [6, 6.07) is 0.578. The highest BCUT2D eigenvalue weighted by atomic mass is 16.5. The summed E-state index contributed by atoms with van der Waals surface area (Å²) in [5, 5.41) is 4.34. The number of rotatable bonds is 4. The number of aromatic nitrogens is 2. The van der Waals surface area contributed by atoms with Gasteiger partial charge in [0.15, 0.2) is 5.75 Å². The topological polar surface area (TPSA) is 53.1 Å². The van der Waals surface area contributed by atoms with Crippen LogP contribution in [-0.4, -0.2) is 22.9 Å². The van der Waals surface area contributed by atoms with Crippen molar-refractivity contribution >= 4 is 0 Å². The molecule has 2 rings (SSSR count). The first-order valence-corrected chi connectivity index (χ1v) is 5.77. The molecule has 1 saturated carbocycles. The molecule has 0 unspecified atom stereocenters. The molecular formula is C11H19N3O. The summed E-state index contributed by atoms with van der Waals surface area (Å²) < 4.78 is 7.46. The van der Waals surface area contributed by atoms with E-state index in [0.717, 1.165) is 5.75 Å². The van der Waals surface area contributed by atoms with Gasteiger partial charge >= 0.3 is 0 Å². The van der Waals surface area contributed by atoms with Gasteiger partial charge in [-0.25, -0.2) is 0 Å². The molecule has 0 saturated heterocycles. The Hall–Kier alpha value is -1.03. The van der Waals surface area contributed by atoms with Gasteiger partial charge in [0.1, 0.15) is 6.61 Å². The quantitative estimate of drug-likeness (QED) is 0.821. The lowest BCUT2D eigenvalue weighted by atomic mass is 9.96. The lowest BCUT2D eigenvalue weighted by molar-refractivity contribution is 0.317. The van der Waals surface area contributed by atoms with Crippen LogP contribution in [0.1, 0.15) is 38.1 Å². The Morgan fingerprint density at radius 3 is 2.93 bits per heavy atom. The van der Waals surface area contributed by atoms with E-state index in [4.69, 9.17) is 10.5 Å². The maximum atomic E-state index is 5.42. The summed E-state index contributed by atoms with van der Waals surface area (Å²) in [6.07, 6.45) is 10.3. The van der Waals surface area contributed by atoms with Crippen molar-refractivity contribution in [3.63, 3.8) is 0 Å². The van der Waals surface area contributed by atoms with E-state index in [9.17, 15) is 0 Å². The van der Waals surface area contributed by atoms with Crippen molar-refractivity contribution in [1.29, 1.82) is 0 Å². The summed E-state index contributed by atoms with van der Waals surface area (Å²) in [5.74, 6) is 0.839. The smallest absolute Gasteiger partial charge is 0.157 e. The van der Waals surface area contributed by atoms with Crippen LogP contribution in [0.3, 0.4) is 0 Å². The summed E-state index contributed by atoms with van der Waals surface area (Å²) >= 11 is 0. The predicted octanol–water partition coefficient (Wildman–Crippen LogP) is 1.73. The van der Waals surface area contributed by atoms with Gasteiger partial charge in [0.2, 0.25) is 0 Å². The van der Waals surface area contributed by atoms with E-state index in [2.05, 4.69) is 5.10 Å². The normalized spacial score (nSPS) is 17.9. The Kier molecular flexibility index (Phi) is 3.61. The van der Waals surface area contributed by atoms with E-state index in [1.165, 1.54) is 32.1 Å². The average molecular weight is 209 g/mol. The van der Waals surface area contributed by atoms with E-state index in [0.29, 0.717) is 19.2 Å². The van der Waals surface area contributed by atoms with Gasteiger partial charge in [-0.3, -0.25) is 4.68 Å². The molecule has 1 aromatic rings. The van der Waals surface area contributed by atoms with Gasteiger partial charge in [-0.1, -0.05) is 19.3 Å². The predicted molar refractivity (Wildman–Crippen MR) is 58.9 cm³/mol. The molecule has 1 aromatic heterocycles. The highest BCUT2D eigenvalue weighted by Crippen LogP contribution is 2.28. The molecule has 15 heavy (non-hydrogen) atoms. The molecule has 0 aromatic carbocycles. The third-order valence-electron chi connectivity index (χ3n) is 2.91. The van der Waals surface area contributed by atoms with Gasteiger partial charge in [0.05, 0.1) is 18.4 Å². The van der Waals surface area contributed by atoms with E-state index < -0.39 is 0 Å². The lowest BCUT2D eigenvalue weighted by Crippen LogP contribution is -2.13. The van der Waals surface area contributed by atoms with Crippen LogP contribution < -0.4 is 10.5 Å². The molecule has 4 heteroatoms. The second-order valence-electron chi connectivity index (χ2n) is 4.09. The Labute approximate surface area is 90.4 Å². The number of ether oxygens (including phenoxy) is 1. The molecule has 4 nitrogen and oxygen atoms in total. The van der Waals surface area contributed by atoms with Crippen molar-refractivity contribution in [3.05, 3.63) is 12.4 Å². The zero-order chi connectivity index (χ0) is 10.5. The summed E-state index contributed by atoms with van der Waals surface area (Å²) in [5.41, 5.74) is 5.37. The number of nitrogens with zero attached hydrogens (tertiary/aromatic N) is 2. The Balaban J connectivity index is 1.93. The van der Waals surface area contributed by atoms with Gasteiger partial charge < -0.3 is 10.5 Å². The molecule has 0 radical (unpaired) electrons. The fraction of sp³-hybridized carbons (Fsp3) is 0.727. The molecule has 0 atom stereocenters. The summed E-state index contributed by atoms with van der Waals surface area (Å²) in [7, 11) is 0. The van der Waals surface area contributed by atoms with Crippen LogP contribution in [0.2, 0.25) is 0 Å². The lowest BCUT2D eigenvalue weighted by Gasteiger charge is -2.21. The van der Waals surface area contributed by atoms with E-state index in [1.54, 1.807) is 6.20 Å². The first-order valence-electron chi connectivity index (χ1n) is 5.77. The van der Waals surface area contributed by atoms with Crippen LogP contribution >= 0.6 is 0 Å². The monoisotopic (exact) mass is 209 g/mol. The SMILES string of the molecule is NCCOc1cnn(C2CCCCC2)c1. The minimum atomic E-state index is 0.550. The highest BCUT2D eigenvalue weighted by molar-refractivity contribution is 5.12. The van der Waals surface area contributed by atoms with Gasteiger partial charge in [-0.05, 0) is 12.8 Å². The van der Waals surface area contributed by atoms with Crippen molar-refractivity contribution in [2.45, 2.75) is 38.1 Å². The average Bonchev–Trinajstić information content (AvgIpc) is 2.76. The zero-order valence-electron chi connectivity index (χ0n) is 9.06. The molecule has 0 bridgehead atoms. The molecular weight excluding hydrogens is 190 g/mol. The van der Waals surface area contributed by atoms with Crippen molar-refractivity contribution in [1.82, 2.24) is 9.78 Å². The Bertz CT molecular complexity index is 292. The maximum Gasteiger partial charge on any atom is 0.157 e. The second-order valence-corrected chi connectivity index (χ2v) is 4.09. The molecule has 1 aliphatic carbocycles. The molecule has 0 spiro atoms. The van der Waals surface area contributed by atoms with Gasteiger partial charge in [0.25, 0.3) is 0 Å². The van der Waals surface area contributed by atoms with E-state index in [-0.39, 0.29) is 0 Å². The van der Waals surface area contributed by atoms with Crippen LogP contribution in [-0.2, 0) is 0 Å². The molecule has 1 aliphatic rings. The van der Waals surface area contributed by atoms with Crippen LogP contribution in [0.25, 0.3) is 0 Å². The minimum absolute atomic E-state index is 0.550. The van der Waals surface area contributed by atoms with E-state index in [1.807, 2.05) is 10.9 Å². The standard InChI is InChI=1S/C11H19N3O/c12-6-7-15-11-8-13-14(9-11)10-4-2-1-3-5-10/h8-10H,1-7,12H2. The maximum absolute atomic E-state index is 5.42. The van der Waals surface area contributed by atoms with Crippen LogP contribution in [0.5, 0.6) is 5.75 Å². The first-order chi connectivity index (χ1) is 7.40. The number of hydrogen-bond acceptors (Lipinski definition) is 3. The van der Waals surface area contributed by atoms with Gasteiger partial charge in [0, 0.05) is 6.54 Å². The van der Waals surface area contributed by atoms with Crippen LogP contribution in [0.15, 0.2) is 12.4 Å². The molecule has 1 heterocycles. The van der Waals surface area contributed by atoms with Crippen LogP contribution in [0.4, 0.5) is 0 Å². The second kappa shape index (κ2) is 5.16. The minimum Gasteiger partial charge on any atom is -0.489 e. The summed E-state index contributed by atoms with van der Waals surface area (Å²) in [4.78, 5) is 0. The van der Waals surface area contributed by atoms with Crippen LogP contribution in [0, 0.1) is 0 Å². The highest BCUT2D eigenvalue weighted by Gasteiger charge is 2.15. The van der Waals surface area contributed by atoms with Crippen molar-refractivity contribution in [2.24, 2.45) is 5.73 Å². The number of hydrogen-bond donors (Lipinski definition) is 1. The van der Waals surface area contributed by atoms with E-state index >= 15 is 0 Å². The molecule has 1 fully saturated rings. The summed E-state index contributed by atoms with van der Waals surface area (Å²) in [6.45, 7) is 1.12. The molecule has 84 valence electrons. The molecule has 0 amide bonds.